The number of fused-ring (bicyclic) bond motifs is 2. The molecule has 17 nitrogen and oxygen atoms in total. The summed E-state index contributed by atoms with van der Waals surface area (Å²) in [6, 6.07) is 19.2. The van der Waals surface area contributed by atoms with Gasteiger partial charge in [0.15, 0.2) is 11.3 Å². The predicted octanol–water partition coefficient (Wildman–Crippen LogP) is 10.7. The van der Waals surface area contributed by atoms with E-state index in [1.165, 1.54) is 27.3 Å². The van der Waals surface area contributed by atoms with Crippen molar-refractivity contribution in [2.75, 3.05) is 49.1 Å². The first kappa shape index (κ1) is 57.5. The van der Waals surface area contributed by atoms with Crippen LogP contribution in [0.2, 0.25) is 10.0 Å². The zero-order valence-electron chi connectivity index (χ0n) is 46.6. The standard InChI is InChI=1S/C31H34ClFN6O3.C29H28ClFN6O2/c1-7-24-26(18(2)12-13-34-24)39-28-21(16-22(32)25(35-28)20-10-8-9-11-23(20)33)27(36-29(39)40)38-15-14-37(17-19(38)3)30(41)42-31(4,5)6;1-5-23-26(17(3)11-12-32-23)37-28-20(15-21(30)25(33-28)19-9-7-8-10-22(19)31)27(34-29(37)39)36-14-13-35(16-18(36)4)24(38)6-2/h8-13,16,19H,7,14-15,17H2,1-6H3;6-12,15,18H,2,5,13-14,16H2,1,3-4H3/t19-;18-/m00/s1. The maximum absolute atomic E-state index is 14.9. The summed E-state index contributed by atoms with van der Waals surface area (Å²) in [5.41, 5.74) is 4.05. The number of halogens is 4. The van der Waals surface area contributed by atoms with Crippen molar-refractivity contribution in [3.05, 3.63) is 163 Å². The van der Waals surface area contributed by atoms with Crippen molar-refractivity contribution in [3.8, 4) is 33.9 Å². The average molecular weight is 1140 g/mol. The third-order valence-electron chi connectivity index (χ3n) is 14.3. The van der Waals surface area contributed by atoms with Crippen molar-refractivity contribution >= 4 is 68.9 Å². The number of ether oxygens (including phenoxy) is 1. The topological polar surface area (TPSA) is 178 Å². The van der Waals surface area contributed by atoms with Crippen molar-refractivity contribution in [2.24, 2.45) is 0 Å². The molecule has 6 aromatic heterocycles. The van der Waals surface area contributed by atoms with Crippen LogP contribution in [-0.4, -0.2) is 118 Å². The summed E-state index contributed by atoms with van der Waals surface area (Å²) in [6.45, 7) is 23.2. The van der Waals surface area contributed by atoms with Crippen molar-refractivity contribution in [1.29, 1.82) is 0 Å². The molecule has 2 aromatic carbocycles. The van der Waals surface area contributed by atoms with E-state index >= 15 is 0 Å². The number of aryl methyl sites for hydroxylation is 4. The normalized spacial score (nSPS) is 15.7. The molecule has 0 aliphatic carbocycles. The van der Waals surface area contributed by atoms with Crippen molar-refractivity contribution in [3.63, 3.8) is 0 Å². The molecular weight excluding hydrogens is 1080 g/mol. The van der Waals surface area contributed by atoms with E-state index in [4.69, 9.17) is 37.9 Å². The minimum Gasteiger partial charge on any atom is -0.444 e. The molecule has 0 N–H and O–H groups in total. The minimum absolute atomic E-state index is 0.145. The minimum atomic E-state index is -0.611. The number of rotatable bonds is 9. The van der Waals surface area contributed by atoms with Crippen LogP contribution < -0.4 is 21.2 Å². The first-order valence-corrected chi connectivity index (χ1v) is 27.5. The van der Waals surface area contributed by atoms with Crippen molar-refractivity contribution in [1.82, 2.24) is 48.8 Å². The fraction of sp³-hybridized carbons (Fsp3) is 0.333. The lowest BCUT2D eigenvalue weighted by molar-refractivity contribution is -0.126. The molecule has 81 heavy (non-hydrogen) atoms. The van der Waals surface area contributed by atoms with Crippen LogP contribution in [0.1, 0.15) is 71.0 Å². The van der Waals surface area contributed by atoms with Gasteiger partial charge in [-0.1, -0.05) is 67.9 Å². The van der Waals surface area contributed by atoms with E-state index in [2.05, 4.69) is 26.5 Å². The largest absolute Gasteiger partial charge is 0.444 e. The molecule has 2 amide bonds. The van der Waals surface area contributed by atoms with Crippen molar-refractivity contribution < 1.29 is 23.1 Å². The zero-order valence-corrected chi connectivity index (χ0v) is 48.1. The lowest BCUT2D eigenvalue weighted by atomic mass is 10.1. The summed E-state index contributed by atoms with van der Waals surface area (Å²) in [5.74, 6) is -0.283. The molecule has 0 spiro atoms. The van der Waals surface area contributed by atoms with Gasteiger partial charge in [0.2, 0.25) is 5.91 Å². The molecule has 0 saturated carbocycles. The highest BCUT2D eigenvalue weighted by atomic mass is 35.5. The maximum atomic E-state index is 14.9. The van der Waals surface area contributed by atoms with Gasteiger partial charge in [-0.3, -0.25) is 14.8 Å². The number of benzene rings is 2. The zero-order chi connectivity index (χ0) is 58.2. The third-order valence-corrected chi connectivity index (χ3v) is 14.9. The summed E-state index contributed by atoms with van der Waals surface area (Å²) >= 11 is 13.5. The molecule has 8 aromatic rings. The number of pyridine rings is 4. The number of carbonyl (C=O) groups excluding carboxylic acids is 2. The molecule has 2 aliphatic heterocycles. The Labute approximate surface area is 477 Å². The van der Waals surface area contributed by atoms with Crippen LogP contribution in [-0.2, 0) is 22.4 Å². The van der Waals surface area contributed by atoms with Crippen LogP contribution in [0.3, 0.4) is 0 Å². The summed E-state index contributed by atoms with van der Waals surface area (Å²) < 4.78 is 38.2. The molecule has 2 aliphatic rings. The number of piperazine rings is 2. The van der Waals surface area contributed by atoms with E-state index in [0.717, 1.165) is 11.1 Å². The number of hydrogen-bond donors (Lipinski definition) is 0. The molecular formula is C60H62Cl2F2N12O5. The Hall–Kier alpha value is -8.16. The smallest absolute Gasteiger partial charge is 0.410 e. The Bertz CT molecular complexity index is 3910. The van der Waals surface area contributed by atoms with E-state index in [-0.39, 0.29) is 56.6 Å². The van der Waals surface area contributed by atoms with Gasteiger partial charge in [-0.05, 0) is 127 Å². The number of carbonyl (C=O) groups is 2. The van der Waals surface area contributed by atoms with E-state index in [1.807, 2.05) is 84.2 Å². The Morgan fingerprint density at radius 1 is 0.667 bits per heavy atom. The molecule has 0 radical (unpaired) electrons. The number of anilines is 2. The fourth-order valence-electron chi connectivity index (χ4n) is 10.4. The summed E-state index contributed by atoms with van der Waals surface area (Å²) in [5, 5.41) is 1.52. The molecule has 21 heteroatoms. The Balaban J connectivity index is 0.000000196. The first-order valence-electron chi connectivity index (χ1n) is 26.7. The second-order valence-corrected chi connectivity index (χ2v) is 21.8. The second-order valence-electron chi connectivity index (χ2n) is 21.0. The lowest BCUT2D eigenvalue weighted by Gasteiger charge is -2.41. The van der Waals surface area contributed by atoms with Crippen LogP contribution in [0.15, 0.2) is 107 Å². The number of amides is 2. The Morgan fingerprint density at radius 2 is 1.09 bits per heavy atom. The van der Waals surface area contributed by atoms with Gasteiger partial charge in [0.1, 0.15) is 28.9 Å². The van der Waals surface area contributed by atoms with E-state index in [1.54, 1.807) is 70.7 Å². The third kappa shape index (κ3) is 11.5. The van der Waals surface area contributed by atoms with Gasteiger partial charge in [-0.25, -0.2) is 42.3 Å². The highest BCUT2D eigenvalue weighted by Crippen LogP contribution is 2.38. The quantitative estimate of drug-likeness (QED) is 0.125. The van der Waals surface area contributed by atoms with Crippen LogP contribution >= 0.6 is 23.2 Å². The average Bonchev–Trinajstić information content (AvgIpc) is 3.47. The highest BCUT2D eigenvalue weighted by Gasteiger charge is 2.34. The molecule has 420 valence electrons. The van der Waals surface area contributed by atoms with Gasteiger partial charge >= 0.3 is 17.5 Å². The number of nitrogens with zero attached hydrogens (tertiary/aromatic N) is 12. The molecule has 0 unspecified atom stereocenters. The molecule has 10 rings (SSSR count). The van der Waals surface area contributed by atoms with E-state index in [9.17, 15) is 28.0 Å². The Morgan fingerprint density at radius 3 is 1.48 bits per heavy atom. The maximum Gasteiger partial charge on any atom is 0.410 e. The van der Waals surface area contributed by atoms with E-state index in [0.29, 0.717) is 109 Å². The molecule has 2 atom stereocenters. The fourth-order valence-corrected chi connectivity index (χ4v) is 11.0. The highest BCUT2D eigenvalue weighted by molar-refractivity contribution is 6.34. The molecule has 8 heterocycles. The van der Waals surface area contributed by atoms with Gasteiger partial charge in [0.25, 0.3) is 0 Å². The summed E-state index contributed by atoms with van der Waals surface area (Å²) in [7, 11) is 0. The summed E-state index contributed by atoms with van der Waals surface area (Å²) in [6.07, 6.45) is 5.47. The Kier molecular flexibility index (Phi) is 16.7. The SMILES string of the molecule is C=CC(=O)N1CCN(c2nc(=O)n(-c3c(C)ccnc3CC)c3nc(-c4ccccc4F)c(Cl)cc23)[C@@H](C)C1.CCc1nccc(C)c1-n1c(=O)nc(N2CCN(C(=O)OC(C)(C)C)C[C@@H]2C)c2cc(Cl)c(-c3ccccc3F)nc21. The molecule has 2 saturated heterocycles. The first-order chi connectivity index (χ1) is 38.6. The molecule has 2 fully saturated rings. The van der Waals surface area contributed by atoms with Crippen LogP contribution in [0, 0.1) is 25.5 Å². The predicted molar refractivity (Wildman–Crippen MR) is 313 cm³/mol. The van der Waals surface area contributed by atoms with Gasteiger partial charge < -0.3 is 24.3 Å². The van der Waals surface area contributed by atoms with Gasteiger partial charge in [0, 0.05) is 74.9 Å². The number of hydrogen-bond acceptors (Lipinski definition) is 13. The van der Waals surface area contributed by atoms with Gasteiger partial charge in [0.05, 0.1) is 55.0 Å². The monoisotopic (exact) mass is 1140 g/mol. The second kappa shape index (κ2) is 23.5. The van der Waals surface area contributed by atoms with E-state index < -0.39 is 28.6 Å². The number of aromatic nitrogens is 8. The van der Waals surface area contributed by atoms with Gasteiger partial charge in [-0.2, -0.15) is 9.97 Å². The van der Waals surface area contributed by atoms with Crippen LogP contribution in [0.4, 0.5) is 25.2 Å². The molecule has 0 bridgehead atoms. The summed E-state index contributed by atoms with van der Waals surface area (Å²) in [4.78, 5) is 87.8. The van der Waals surface area contributed by atoms with Gasteiger partial charge in [-0.15, -0.1) is 0 Å². The van der Waals surface area contributed by atoms with Crippen LogP contribution in [0.5, 0.6) is 0 Å². The lowest BCUT2D eigenvalue weighted by Crippen LogP contribution is -2.55. The van der Waals surface area contributed by atoms with Crippen LogP contribution in [0.25, 0.3) is 56.0 Å². The van der Waals surface area contributed by atoms with Crippen molar-refractivity contribution in [2.45, 2.75) is 92.8 Å².